The van der Waals surface area contributed by atoms with Crippen LogP contribution in [-0.4, -0.2) is 13.7 Å². The highest BCUT2D eigenvalue weighted by Gasteiger charge is 2.15. The van der Waals surface area contributed by atoms with E-state index in [2.05, 4.69) is 0 Å². The summed E-state index contributed by atoms with van der Waals surface area (Å²) in [7, 11) is 1.67. The molecule has 1 aromatic rings. The number of halogens is 1. The van der Waals surface area contributed by atoms with Crippen LogP contribution in [0.1, 0.15) is 44.1 Å². The lowest BCUT2D eigenvalue weighted by atomic mass is 9.87. The number of benzene rings is 1. The van der Waals surface area contributed by atoms with E-state index in [1.54, 1.807) is 7.11 Å². The van der Waals surface area contributed by atoms with Crippen molar-refractivity contribution in [3.63, 3.8) is 0 Å². The van der Waals surface area contributed by atoms with Gasteiger partial charge < -0.3 is 9.47 Å². The van der Waals surface area contributed by atoms with Gasteiger partial charge in [0, 0.05) is 5.56 Å². The van der Waals surface area contributed by atoms with Gasteiger partial charge in [0.25, 0.3) is 0 Å². The van der Waals surface area contributed by atoms with Crippen molar-refractivity contribution in [2.45, 2.75) is 44.4 Å². The molecule has 0 radical (unpaired) electrons. The Bertz CT molecular complexity index is 364. The van der Waals surface area contributed by atoms with Crippen molar-refractivity contribution in [2.24, 2.45) is 5.92 Å². The van der Waals surface area contributed by atoms with Gasteiger partial charge in [-0.05, 0) is 18.4 Å². The maximum Gasteiger partial charge on any atom is 0.165 e. The lowest BCUT2D eigenvalue weighted by Crippen LogP contribution is -2.11. The fourth-order valence-corrected chi connectivity index (χ4v) is 3.01. The highest BCUT2D eigenvalue weighted by atomic mass is 35.5. The third-order valence-corrected chi connectivity index (χ3v) is 4.21. The minimum absolute atomic E-state index is 0.454. The summed E-state index contributed by atoms with van der Waals surface area (Å²) in [5.41, 5.74) is 1.00. The summed E-state index contributed by atoms with van der Waals surface area (Å²) in [5, 5.41) is 0. The second kappa shape index (κ2) is 7.64. The number of ether oxygens (including phenoxy) is 2. The molecule has 0 saturated heterocycles. The van der Waals surface area contributed by atoms with Crippen LogP contribution in [0.15, 0.2) is 18.2 Å². The van der Waals surface area contributed by atoms with Crippen molar-refractivity contribution in [1.29, 1.82) is 0 Å². The summed E-state index contributed by atoms with van der Waals surface area (Å²) >= 11 is 5.95. The Hall–Kier alpha value is -0.890. The summed E-state index contributed by atoms with van der Waals surface area (Å²) < 4.78 is 11.3. The van der Waals surface area contributed by atoms with Gasteiger partial charge in [0.05, 0.1) is 19.6 Å². The molecule has 0 amide bonds. The van der Waals surface area contributed by atoms with Crippen molar-refractivity contribution in [3.05, 3.63) is 23.8 Å². The van der Waals surface area contributed by atoms with Crippen molar-refractivity contribution >= 4 is 11.6 Å². The van der Waals surface area contributed by atoms with E-state index in [4.69, 9.17) is 21.1 Å². The lowest BCUT2D eigenvalue weighted by Gasteiger charge is -2.22. The van der Waals surface area contributed by atoms with Gasteiger partial charge in [-0.15, -0.1) is 11.6 Å². The van der Waals surface area contributed by atoms with E-state index >= 15 is 0 Å². The third-order valence-electron chi connectivity index (χ3n) is 3.92. The number of para-hydroxylation sites is 1. The zero-order chi connectivity index (χ0) is 13.5. The highest BCUT2D eigenvalue weighted by molar-refractivity contribution is 6.17. The molecule has 0 spiro atoms. The van der Waals surface area contributed by atoms with Gasteiger partial charge in [0.1, 0.15) is 0 Å². The Labute approximate surface area is 121 Å². The van der Waals surface area contributed by atoms with E-state index in [9.17, 15) is 0 Å². The van der Waals surface area contributed by atoms with Crippen LogP contribution in [0.4, 0.5) is 0 Å². The molecule has 0 N–H and O–H groups in total. The minimum atomic E-state index is 0.454. The Balaban J connectivity index is 1.90. The van der Waals surface area contributed by atoms with Crippen LogP contribution in [-0.2, 0) is 5.88 Å². The van der Waals surface area contributed by atoms with Crippen LogP contribution in [0.2, 0.25) is 0 Å². The number of methoxy groups -OCH3 is 1. The van der Waals surface area contributed by atoms with Crippen molar-refractivity contribution in [3.8, 4) is 11.5 Å². The average Bonchev–Trinajstić information content (AvgIpc) is 2.48. The molecule has 2 rings (SSSR count). The largest absolute Gasteiger partial charge is 0.493 e. The highest BCUT2D eigenvalue weighted by Crippen LogP contribution is 2.33. The van der Waals surface area contributed by atoms with Gasteiger partial charge >= 0.3 is 0 Å². The van der Waals surface area contributed by atoms with Crippen molar-refractivity contribution in [2.75, 3.05) is 13.7 Å². The SMILES string of the molecule is COc1cccc(CCl)c1OCCC1CCCCC1. The lowest BCUT2D eigenvalue weighted by molar-refractivity contribution is 0.237. The molecule has 0 aromatic heterocycles. The zero-order valence-electron chi connectivity index (χ0n) is 11.7. The Morgan fingerprint density at radius 1 is 1.21 bits per heavy atom. The zero-order valence-corrected chi connectivity index (χ0v) is 12.4. The average molecular weight is 283 g/mol. The van der Waals surface area contributed by atoms with Gasteiger partial charge in [0.2, 0.25) is 0 Å². The first kappa shape index (κ1) is 14.5. The summed E-state index contributed by atoms with van der Waals surface area (Å²) in [6.07, 6.45) is 8.02. The van der Waals surface area contributed by atoms with Gasteiger partial charge in [-0.3, -0.25) is 0 Å². The fraction of sp³-hybridized carbons (Fsp3) is 0.625. The smallest absolute Gasteiger partial charge is 0.165 e. The normalized spacial score (nSPS) is 16.3. The molecule has 1 aliphatic rings. The number of alkyl halides is 1. The minimum Gasteiger partial charge on any atom is -0.493 e. The van der Waals surface area contributed by atoms with Crippen LogP contribution < -0.4 is 9.47 Å². The standard InChI is InChI=1S/C16H23ClO2/c1-18-15-9-5-8-14(12-17)16(15)19-11-10-13-6-3-2-4-7-13/h5,8-9,13H,2-4,6-7,10-12H2,1H3. The molecule has 2 nitrogen and oxygen atoms in total. The number of rotatable bonds is 6. The van der Waals surface area contributed by atoms with Crippen LogP contribution in [0, 0.1) is 5.92 Å². The van der Waals surface area contributed by atoms with Gasteiger partial charge in [-0.25, -0.2) is 0 Å². The molecular weight excluding hydrogens is 260 g/mol. The molecule has 0 aliphatic heterocycles. The first-order valence-electron chi connectivity index (χ1n) is 7.19. The molecular formula is C16H23ClO2. The molecule has 0 atom stereocenters. The van der Waals surface area contributed by atoms with E-state index in [0.29, 0.717) is 5.88 Å². The molecule has 1 fully saturated rings. The molecule has 1 aliphatic carbocycles. The van der Waals surface area contributed by atoms with E-state index in [1.165, 1.54) is 32.1 Å². The molecule has 0 unspecified atom stereocenters. The number of hydrogen-bond acceptors (Lipinski definition) is 2. The summed E-state index contributed by atoms with van der Waals surface area (Å²) in [6, 6.07) is 5.86. The summed E-state index contributed by atoms with van der Waals surface area (Å²) in [6.45, 7) is 0.759. The maximum atomic E-state index is 5.95. The second-order valence-electron chi connectivity index (χ2n) is 5.22. The molecule has 0 bridgehead atoms. The molecule has 0 heterocycles. The first-order valence-corrected chi connectivity index (χ1v) is 7.73. The molecule has 106 valence electrons. The topological polar surface area (TPSA) is 18.5 Å². The second-order valence-corrected chi connectivity index (χ2v) is 5.49. The third kappa shape index (κ3) is 4.04. The molecule has 1 saturated carbocycles. The van der Waals surface area contributed by atoms with Crippen molar-refractivity contribution in [1.82, 2.24) is 0 Å². The van der Waals surface area contributed by atoms with Crippen LogP contribution in [0.3, 0.4) is 0 Å². The molecule has 19 heavy (non-hydrogen) atoms. The van der Waals surface area contributed by atoms with Crippen LogP contribution in [0.5, 0.6) is 11.5 Å². The van der Waals surface area contributed by atoms with E-state index in [0.717, 1.165) is 36.0 Å². The van der Waals surface area contributed by atoms with Gasteiger partial charge in [0.15, 0.2) is 11.5 Å². The van der Waals surface area contributed by atoms with Crippen LogP contribution >= 0.6 is 11.6 Å². The first-order chi connectivity index (χ1) is 9.35. The quantitative estimate of drug-likeness (QED) is 0.699. The summed E-state index contributed by atoms with van der Waals surface area (Å²) in [4.78, 5) is 0. The predicted octanol–water partition coefficient (Wildman–Crippen LogP) is 4.78. The van der Waals surface area contributed by atoms with Crippen LogP contribution in [0.25, 0.3) is 0 Å². The van der Waals surface area contributed by atoms with Gasteiger partial charge in [-0.1, -0.05) is 44.2 Å². The van der Waals surface area contributed by atoms with E-state index in [-0.39, 0.29) is 0 Å². The Morgan fingerprint density at radius 2 is 2.00 bits per heavy atom. The monoisotopic (exact) mass is 282 g/mol. The number of hydrogen-bond donors (Lipinski definition) is 0. The molecule has 1 aromatic carbocycles. The van der Waals surface area contributed by atoms with Crippen molar-refractivity contribution < 1.29 is 9.47 Å². The predicted molar refractivity (Wildman–Crippen MR) is 79.2 cm³/mol. The Kier molecular flexibility index (Phi) is 5.84. The van der Waals surface area contributed by atoms with E-state index < -0.39 is 0 Å². The fourth-order valence-electron chi connectivity index (χ4n) is 2.79. The Morgan fingerprint density at radius 3 is 2.68 bits per heavy atom. The van der Waals surface area contributed by atoms with Gasteiger partial charge in [-0.2, -0.15) is 0 Å². The maximum absolute atomic E-state index is 5.95. The summed E-state index contributed by atoms with van der Waals surface area (Å²) in [5.74, 6) is 2.89. The van der Waals surface area contributed by atoms with E-state index in [1.807, 2.05) is 18.2 Å². The molecule has 3 heteroatoms.